The molecule has 3 nitrogen and oxygen atoms in total. The average molecular weight is 371 g/mol. The number of anilines is 1. The Hall–Kier alpha value is -1.56. The summed E-state index contributed by atoms with van der Waals surface area (Å²) in [6, 6.07) is 19.0. The van der Waals surface area contributed by atoms with Gasteiger partial charge in [0.1, 0.15) is 8.07 Å². The van der Waals surface area contributed by atoms with Crippen molar-refractivity contribution in [3.63, 3.8) is 0 Å². The molecule has 0 saturated carbocycles. The third-order valence-electron chi connectivity index (χ3n) is 4.67. The van der Waals surface area contributed by atoms with Crippen molar-refractivity contribution in [2.24, 2.45) is 0 Å². The first-order valence-corrected chi connectivity index (χ1v) is 11.7. The van der Waals surface area contributed by atoms with Gasteiger partial charge >= 0.3 is 0 Å². The Bertz CT molecular complexity index is 724. The van der Waals surface area contributed by atoms with Crippen LogP contribution in [0.3, 0.4) is 0 Å². The first kappa shape index (κ1) is 16.9. The van der Waals surface area contributed by atoms with Crippen LogP contribution in [0.25, 0.3) is 0 Å². The lowest BCUT2D eigenvalue weighted by atomic mass is 10.2. The van der Waals surface area contributed by atoms with E-state index in [1.807, 2.05) is 12.1 Å². The van der Waals surface area contributed by atoms with Crippen molar-refractivity contribution in [3.05, 3.63) is 67.1 Å². The third-order valence-corrected chi connectivity index (χ3v) is 10.8. The van der Waals surface area contributed by atoms with Gasteiger partial charge in [-0.25, -0.2) is 0 Å². The predicted octanol–water partition coefficient (Wildman–Crippen LogP) is 5.70. The van der Waals surface area contributed by atoms with Gasteiger partial charge in [0, 0.05) is 5.69 Å². The fraction of sp³-hybridized carbons (Fsp3) is 0.300. The normalized spacial score (nSPS) is 20.2. The van der Waals surface area contributed by atoms with Gasteiger partial charge in [0.15, 0.2) is 11.0 Å². The maximum absolute atomic E-state index is 5.89. The Kier molecular flexibility index (Phi) is 5.25. The molecule has 3 aromatic rings. The molecule has 130 valence electrons. The Morgan fingerprint density at radius 3 is 2.24 bits per heavy atom. The molecular formula is C20H23NO2P2. The molecule has 0 amide bonds. The Labute approximate surface area is 151 Å². The van der Waals surface area contributed by atoms with E-state index in [9.17, 15) is 0 Å². The molecule has 0 aliphatic carbocycles. The van der Waals surface area contributed by atoms with Crippen LogP contribution in [0.1, 0.15) is 26.2 Å². The summed E-state index contributed by atoms with van der Waals surface area (Å²) in [5.74, 6) is 0. The number of benzene rings is 1. The smallest absolute Gasteiger partial charge is 0.154 e. The molecule has 4 rings (SSSR count). The van der Waals surface area contributed by atoms with Crippen molar-refractivity contribution < 1.29 is 8.83 Å². The molecule has 2 atom stereocenters. The SMILES string of the molecule is CC[C@@H]1CCCP1N(c1ccccc1)P(c1ccco1)c1ccco1. The molecule has 1 unspecified atom stereocenters. The summed E-state index contributed by atoms with van der Waals surface area (Å²) < 4.78 is 14.4. The lowest BCUT2D eigenvalue weighted by Gasteiger charge is -2.38. The van der Waals surface area contributed by atoms with E-state index in [0.29, 0.717) is 0 Å². The van der Waals surface area contributed by atoms with E-state index in [1.165, 1.54) is 31.1 Å². The topological polar surface area (TPSA) is 29.5 Å². The van der Waals surface area contributed by atoms with Crippen molar-refractivity contribution in [2.45, 2.75) is 31.8 Å². The number of nitrogens with zero attached hydrogens (tertiary/aromatic N) is 1. The van der Waals surface area contributed by atoms with Crippen LogP contribution in [0.5, 0.6) is 0 Å². The minimum atomic E-state index is -0.831. The van der Waals surface area contributed by atoms with Crippen LogP contribution in [0.4, 0.5) is 5.69 Å². The van der Waals surface area contributed by atoms with E-state index in [1.54, 1.807) is 12.5 Å². The van der Waals surface area contributed by atoms with Crippen molar-refractivity contribution in [3.8, 4) is 0 Å². The minimum Gasteiger partial charge on any atom is -0.462 e. The second-order valence-electron chi connectivity index (χ2n) is 6.21. The van der Waals surface area contributed by atoms with Gasteiger partial charge in [-0.05, 0) is 75.6 Å². The molecule has 0 bridgehead atoms. The highest BCUT2D eigenvalue weighted by molar-refractivity contribution is 7.85. The van der Waals surface area contributed by atoms with Crippen LogP contribution in [0.15, 0.2) is 76.0 Å². The van der Waals surface area contributed by atoms with Crippen molar-refractivity contribution >= 4 is 32.8 Å². The molecule has 1 saturated heterocycles. The summed E-state index contributed by atoms with van der Waals surface area (Å²) in [6.45, 7) is 2.33. The molecule has 1 aliphatic heterocycles. The molecule has 3 heterocycles. The molecule has 0 N–H and O–H groups in total. The van der Waals surface area contributed by atoms with Gasteiger partial charge in [0.05, 0.1) is 12.5 Å². The van der Waals surface area contributed by atoms with Gasteiger partial charge < -0.3 is 13.3 Å². The summed E-state index contributed by atoms with van der Waals surface area (Å²) in [4.78, 5) is 0. The Morgan fingerprint density at radius 1 is 1.00 bits per heavy atom. The monoisotopic (exact) mass is 371 g/mol. The quantitative estimate of drug-likeness (QED) is 0.521. The summed E-state index contributed by atoms with van der Waals surface area (Å²) in [6.07, 6.45) is 8.75. The van der Waals surface area contributed by atoms with E-state index < -0.39 is 8.07 Å². The van der Waals surface area contributed by atoms with E-state index in [-0.39, 0.29) is 8.07 Å². The van der Waals surface area contributed by atoms with Gasteiger partial charge in [0.25, 0.3) is 0 Å². The maximum Gasteiger partial charge on any atom is 0.154 e. The van der Waals surface area contributed by atoms with Crippen LogP contribution in [0.2, 0.25) is 0 Å². The second kappa shape index (κ2) is 7.77. The second-order valence-corrected chi connectivity index (χ2v) is 10.9. The first-order valence-electron chi connectivity index (χ1n) is 8.87. The molecule has 0 spiro atoms. The van der Waals surface area contributed by atoms with E-state index in [0.717, 1.165) is 16.7 Å². The number of furan rings is 2. The van der Waals surface area contributed by atoms with Gasteiger partial charge in [-0.2, -0.15) is 0 Å². The van der Waals surface area contributed by atoms with Crippen molar-refractivity contribution in [1.82, 2.24) is 0 Å². The van der Waals surface area contributed by atoms with Gasteiger partial charge in [-0.3, -0.25) is 0 Å². The van der Waals surface area contributed by atoms with Gasteiger partial charge in [0.2, 0.25) is 0 Å². The number of hydrogen-bond donors (Lipinski definition) is 0. The van der Waals surface area contributed by atoms with Crippen LogP contribution < -0.4 is 15.4 Å². The number of rotatable bonds is 6. The third kappa shape index (κ3) is 3.41. The zero-order valence-corrected chi connectivity index (χ0v) is 16.2. The molecule has 1 fully saturated rings. The predicted molar refractivity (Wildman–Crippen MR) is 108 cm³/mol. The zero-order valence-electron chi connectivity index (χ0n) is 14.4. The van der Waals surface area contributed by atoms with E-state index in [4.69, 9.17) is 8.83 Å². The zero-order chi connectivity index (χ0) is 17.1. The minimum absolute atomic E-state index is 0.255. The van der Waals surface area contributed by atoms with Gasteiger partial charge in [-0.1, -0.05) is 25.1 Å². The van der Waals surface area contributed by atoms with E-state index in [2.05, 4.69) is 53.8 Å². The fourth-order valence-corrected chi connectivity index (χ4v) is 10.1. The fourth-order valence-electron chi connectivity index (χ4n) is 3.50. The molecule has 1 aromatic carbocycles. The van der Waals surface area contributed by atoms with Crippen LogP contribution in [0, 0.1) is 0 Å². The number of hydrogen-bond acceptors (Lipinski definition) is 3. The lowest BCUT2D eigenvalue weighted by molar-refractivity contribution is 0.592. The van der Waals surface area contributed by atoms with Crippen LogP contribution in [-0.2, 0) is 0 Å². The molecule has 2 aromatic heterocycles. The summed E-state index contributed by atoms with van der Waals surface area (Å²) >= 11 is 0. The molecule has 25 heavy (non-hydrogen) atoms. The summed E-state index contributed by atoms with van der Waals surface area (Å²) in [5, 5.41) is 0. The summed E-state index contributed by atoms with van der Waals surface area (Å²) in [7, 11) is -1.09. The lowest BCUT2D eigenvalue weighted by Crippen LogP contribution is -2.26. The highest BCUT2D eigenvalue weighted by atomic mass is 31.2. The van der Waals surface area contributed by atoms with Gasteiger partial charge in [-0.15, -0.1) is 0 Å². The largest absolute Gasteiger partial charge is 0.462 e. The Morgan fingerprint density at radius 2 is 1.68 bits per heavy atom. The summed E-state index contributed by atoms with van der Waals surface area (Å²) in [5.41, 5.74) is 4.09. The highest BCUT2D eigenvalue weighted by Crippen LogP contribution is 2.64. The standard InChI is InChI=1S/C20H23NO2P2/c1-2-18-11-8-16-24(18)21(17-9-4-3-5-10-17)25(19-12-6-14-22-19)20-13-7-15-23-20/h3-7,9-10,12-15,18H,2,8,11,16H2,1H3/t18-,24?/m1/s1. The van der Waals surface area contributed by atoms with Crippen molar-refractivity contribution in [1.29, 1.82) is 0 Å². The number of para-hydroxylation sites is 1. The first-order chi connectivity index (χ1) is 12.4. The van der Waals surface area contributed by atoms with Crippen LogP contribution >= 0.6 is 16.1 Å². The van der Waals surface area contributed by atoms with Crippen LogP contribution in [-0.4, -0.2) is 11.8 Å². The molecule has 1 aliphatic rings. The average Bonchev–Trinajstić information content (AvgIpc) is 3.42. The van der Waals surface area contributed by atoms with E-state index >= 15 is 0 Å². The Balaban J connectivity index is 1.83. The molecule has 5 heteroatoms. The molecular weight excluding hydrogens is 348 g/mol. The highest BCUT2D eigenvalue weighted by Gasteiger charge is 2.38. The molecule has 0 radical (unpaired) electrons. The van der Waals surface area contributed by atoms with Crippen molar-refractivity contribution in [2.75, 3.05) is 10.6 Å². The maximum atomic E-state index is 5.89.